The molecule has 0 aliphatic heterocycles. The molecule has 0 aliphatic rings. The predicted molar refractivity (Wildman–Crippen MR) is 63.9 cm³/mol. The zero-order valence-electron chi connectivity index (χ0n) is 6.23. The van der Waals surface area contributed by atoms with Gasteiger partial charge in [-0.15, -0.1) is 37.9 Å². The van der Waals surface area contributed by atoms with Gasteiger partial charge in [-0.05, 0) is 12.1 Å². The summed E-state index contributed by atoms with van der Waals surface area (Å²) in [6.07, 6.45) is 0. The van der Waals surface area contributed by atoms with Gasteiger partial charge in [0.25, 0.3) is 0 Å². The first-order valence-electron chi connectivity index (χ1n) is 3.24. The number of anilines is 2. The molecule has 2 nitrogen and oxygen atoms in total. The van der Waals surface area contributed by atoms with Crippen molar-refractivity contribution >= 4 is 49.3 Å². The Labute approximate surface area is 87.9 Å². The van der Waals surface area contributed by atoms with E-state index in [-0.39, 0.29) is 0 Å². The van der Waals surface area contributed by atoms with Crippen molar-refractivity contribution < 1.29 is 0 Å². The van der Waals surface area contributed by atoms with Crippen LogP contribution in [0.1, 0.15) is 5.56 Å². The Morgan fingerprint density at radius 3 is 2.08 bits per heavy atom. The van der Waals surface area contributed by atoms with Gasteiger partial charge in [0.15, 0.2) is 0 Å². The zero-order chi connectivity index (χ0) is 9.35. The molecule has 1 aromatic rings. The summed E-state index contributed by atoms with van der Waals surface area (Å²) in [5, 5.41) is 0. The molecular formula is C7H10N2S3. The highest BCUT2D eigenvalue weighted by Gasteiger charge is 2.19. The molecule has 0 bridgehead atoms. The van der Waals surface area contributed by atoms with Crippen LogP contribution < -0.4 is 11.5 Å². The summed E-state index contributed by atoms with van der Waals surface area (Å²) in [5.41, 5.74) is 13.1. The van der Waals surface area contributed by atoms with Crippen molar-refractivity contribution in [3.05, 3.63) is 23.8 Å². The fraction of sp³-hybridized carbons (Fsp3) is 0.143. The van der Waals surface area contributed by atoms with Gasteiger partial charge < -0.3 is 11.5 Å². The fourth-order valence-corrected chi connectivity index (χ4v) is 1.50. The molecule has 0 radical (unpaired) electrons. The maximum atomic E-state index is 5.68. The average Bonchev–Trinajstić information content (AvgIpc) is 1.83. The summed E-state index contributed by atoms with van der Waals surface area (Å²) in [7, 11) is 0. The van der Waals surface area contributed by atoms with E-state index in [1.165, 1.54) is 0 Å². The number of thiol groups is 3. The lowest BCUT2D eigenvalue weighted by molar-refractivity contribution is 1.34. The zero-order valence-corrected chi connectivity index (χ0v) is 8.91. The van der Waals surface area contributed by atoms with Crippen LogP contribution in [-0.4, -0.2) is 0 Å². The van der Waals surface area contributed by atoms with E-state index in [2.05, 4.69) is 37.9 Å². The summed E-state index contributed by atoms with van der Waals surface area (Å²) in [6.45, 7) is 0. The Bertz CT molecular complexity index is 293. The average molecular weight is 218 g/mol. The van der Waals surface area contributed by atoms with Crippen LogP contribution in [0.25, 0.3) is 0 Å². The highest BCUT2D eigenvalue weighted by Crippen LogP contribution is 2.40. The monoisotopic (exact) mass is 218 g/mol. The topological polar surface area (TPSA) is 52.0 Å². The summed E-state index contributed by atoms with van der Waals surface area (Å²) in [5.74, 6) is 0. The first-order valence-corrected chi connectivity index (χ1v) is 4.58. The summed E-state index contributed by atoms with van der Waals surface area (Å²) >= 11 is 12.5. The van der Waals surface area contributed by atoms with Gasteiger partial charge in [-0.1, -0.05) is 6.07 Å². The predicted octanol–water partition coefficient (Wildman–Crippen LogP) is 1.75. The molecular weight excluding hydrogens is 208 g/mol. The third-order valence-corrected chi connectivity index (χ3v) is 2.16. The molecule has 1 aromatic carbocycles. The molecule has 1 rings (SSSR count). The number of benzene rings is 1. The van der Waals surface area contributed by atoms with Gasteiger partial charge >= 0.3 is 0 Å². The first-order chi connectivity index (χ1) is 5.41. The maximum absolute atomic E-state index is 5.68. The van der Waals surface area contributed by atoms with Crippen LogP contribution in [0.4, 0.5) is 11.4 Å². The lowest BCUT2D eigenvalue weighted by Gasteiger charge is -2.18. The number of hydrogen-bond acceptors (Lipinski definition) is 5. The molecule has 0 fully saturated rings. The highest BCUT2D eigenvalue weighted by molar-refractivity contribution is 8.15. The normalized spacial score (nSPS) is 11.6. The summed E-state index contributed by atoms with van der Waals surface area (Å²) < 4.78 is -0.822. The molecule has 12 heavy (non-hydrogen) atoms. The van der Waals surface area contributed by atoms with E-state index >= 15 is 0 Å². The molecule has 0 aliphatic carbocycles. The van der Waals surface area contributed by atoms with E-state index in [0.29, 0.717) is 11.4 Å². The van der Waals surface area contributed by atoms with Crippen molar-refractivity contribution in [3.8, 4) is 0 Å². The van der Waals surface area contributed by atoms with Crippen LogP contribution in [0.3, 0.4) is 0 Å². The molecule has 0 saturated carbocycles. The van der Waals surface area contributed by atoms with Crippen molar-refractivity contribution in [2.45, 2.75) is 3.41 Å². The van der Waals surface area contributed by atoms with Crippen molar-refractivity contribution in [2.24, 2.45) is 0 Å². The number of rotatable bonds is 1. The van der Waals surface area contributed by atoms with E-state index in [9.17, 15) is 0 Å². The standard InChI is InChI=1S/C7H10N2S3/c8-4-1-2-5(6(9)3-4)7(10,11)12/h1-3,10-12H,8-9H2. The molecule has 0 atom stereocenters. The Morgan fingerprint density at radius 2 is 1.67 bits per heavy atom. The van der Waals surface area contributed by atoms with Crippen molar-refractivity contribution in [1.29, 1.82) is 0 Å². The molecule has 0 amide bonds. The maximum Gasteiger partial charge on any atom is 0.126 e. The molecule has 5 heteroatoms. The van der Waals surface area contributed by atoms with Crippen LogP contribution >= 0.6 is 37.9 Å². The molecule has 0 heterocycles. The van der Waals surface area contributed by atoms with Gasteiger partial charge in [0.05, 0.1) is 0 Å². The fourth-order valence-electron chi connectivity index (χ4n) is 0.887. The van der Waals surface area contributed by atoms with Gasteiger partial charge in [0, 0.05) is 16.9 Å². The molecule has 0 saturated heterocycles. The highest BCUT2D eigenvalue weighted by atomic mass is 32.2. The number of hydrogen-bond donors (Lipinski definition) is 5. The Kier molecular flexibility index (Phi) is 2.75. The second kappa shape index (κ2) is 3.32. The van der Waals surface area contributed by atoms with E-state index in [0.717, 1.165) is 5.56 Å². The summed E-state index contributed by atoms with van der Waals surface area (Å²) in [4.78, 5) is 0. The van der Waals surface area contributed by atoms with Crippen molar-refractivity contribution in [2.75, 3.05) is 11.5 Å². The SMILES string of the molecule is Nc1ccc(C(S)(S)S)c(N)c1. The lowest BCUT2D eigenvalue weighted by atomic mass is 10.2. The molecule has 0 aromatic heterocycles. The third-order valence-electron chi connectivity index (χ3n) is 1.44. The van der Waals surface area contributed by atoms with Gasteiger partial charge in [-0.25, -0.2) is 0 Å². The van der Waals surface area contributed by atoms with E-state index in [1.807, 2.05) is 0 Å². The second-order valence-corrected chi connectivity index (χ2v) is 5.55. The number of nitrogen functional groups attached to an aromatic ring is 2. The molecule has 0 unspecified atom stereocenters. The lowest BCUT2D eigenvalue weighted by Crippen LogP contribution is -2.05. The van der Waals surface area contributed by atoms with Crippen LogP contribution in [0, 0.1) is 0 Å². The summed E-state index contributed by atoms with van der Waals surface area (Å²) in [6, 6.07) is 5.16. The molecule has 4 N–H and O–H groups in total. The minimum atomic E-state index is -0.822. The van der Waals surface area contributed by atoms with Crippen LogP contribution in [0.2, 0.25) is 0 Å². The Morgan fingerprint density at radius 1 is 1.08 bits per heavy atom. The minimum absolute atomic E-state index is 0.551. The molecule has 66 valence electrons. The molecule has 0 spiro atoms. The van der Waals surface area contributed by atoms with Crippen molar-refractivity contribution in [3.63, 3.8) is 0 Å². The largest absolute Gasteiger partial charge is 0.399 e. The quantitative estimate of drug-likeness (QED) is 0.283. The van der Waals surface area contributed by atoms with Gasteiger partial charge in [-0.3, -0.25) is 0 Å². The van der Waals surface area contributed by atoms with Crippen LogP contribution in [0.15, 0.2) is 18.2 Å². The smallest absolute Gasteiger partial charge is 0.126 e. The van der Waals surface area contributed by atoms with Crippen molar-refractivity contribution in [1.82, 2.24) is 0 Å². The Hall–Kier alpha value is -0.130. The van der Waals surface area contributed by atoms with E-state index in [4.69, 9.17) is 11.5 Å². The number of nitrogens with two attached hydrogens (primary N) is 2. The second-order valence-electron chi connectivity index (χ2n) is 2.48. The first kappa shape index (κ1) is 9.95. The minimum Gasteiger partial charge on any atom is -0.399 e. The van der Waals surface area contributed by atoms with E-state index in [1.54, 1.807) is 18.2 Å². The van der Waals surface area contributed by atoms with Crippen LogP contribution in [-0.2, 0) is 3.41 Å². The van der Waals surface area contributed by atoms with Gasteiger partial charge in [0.1, 0.15) is 3.41 Å². The van der Waals surface area contributed by atoms with Crippen LogP contribution in [0.5, 0.6) is 0 Å². The van der Waals surface area contributed by atoms with E-state index < -0.39 is 3.41 Å². The Balaban J connectivity index is 3.19. The van der Waals surface area contributed by atoms with Gasteiger partial charge in [-0.2, -0.15) is 0 Å². The van der Waals surface area contributed by atoms with Gasteiger partial charge in [0.2, 0.25) is 0 Å². The third kappa shape index (κ3) is 2.18.